The number of anilines is 1. The molecule has 3 rings (SSSR count). The lowest BCUT2D eigenvalue weighted by Crippen LogP contribution is -2.48. The molecule has 2 atom stereocenters. The number of morpholine rings is 1. The number of rotatable bonds is 5. The number of ether oxygens (including phenoxy) is 1. The van der Waals surface area contributed by atoms with E-state index in [9.17, 15) is 9.59 Å². The van der Waals surface area contributed by atoms with Crippen molar-refractivity contribution in [3.63, 3.8) is 0 Å². The molecular weight excluding hydrogens is 412 g/mol. The Morgan fingerprint density at radius 3 is 2.42 bits per heavy atom. The van der Waals surface area contributed by atoms with Crippen LogP contribution in [-0.2, 0) is 11.3 Å². The van der Waals surface area contributed by atoms with Crippen molar-refractivity contribution in [2.45, 2.75) is 66.3 Å². The van der Waals surface area contributed by atoms with Crippen molar-refractivity contribution in [2.24, 2.45) is 0 Å². The summed E-state index contributed by atoms with van der Waals surface area (Å²) in [7, 11) is 0. The molecule has 3 amide bonds. The molecule has 0 bridgehead atoms. The van der Waals surface area contributed by atoms with Crippen molar-refractivity contribution in [3.8, 4) is 0 Å². The van der Waals surface area contributed by atoms with Crippen molar-refractivity contribution in [1.82, 2.24) is 14.8 Å². The van der Waals surface area contributed by atoms with Crippen LogP contribution in [0.3, 0.4) is 0 Å². The Hall–Kier alpha value is -2.45. The summed E-state index contributed by atoms with van der Waals surface area (Å²) in [6.07, 6.45) is 0.0201. The van der Waals surface area contributed by atoms with Crippen LogP contribution in [0.25, 0.3) is 0 Å². The standard InChI is InChI=1S/C23H32N4O3S/c1-14(2)27(23(29)25-21-15(3)8-7-9-16(21)4)12-20-24-19(13-31-20)22(28)26-10-17(5)30-18(6)11-26/h7-9,13-14,17-18H,10-12H2,1-6H3,(H,25,29). The van der Waals surface area contributed by atoms with Crippen LogP contribution in [0.1, 0.15) is 54.3 Å². The van der Waals surface area contributed by atoms with Crippen LogP contribution in [0.15, 0.2) is 23.6 Å². The summed E-state index contributed by atoms with van der Waals surface area (Å²) < 4.78 is 5.72. The van der Waals surface area contributed by atoms with Gasteiger partial charge >= 0.3 is 6.03 Å². The van der Waals surface area contributed by atoms with E-state index in [1.54, 1.807) is 15.2 Å². The molecule has 31 heavy (non-hydrogen) atoms. The van der Waals surface area contributed by atoms with Crippen LogP contribution < -0.4 is 5.32 Å². The summed E-state index contributed by atoms with van der Waals surface area (Å²) in [6.45, 7) is 13.3. The molecule has 0 radical (unpaired) electrons. The van der Waals surface area contributed by atoms with E-state index >= 15 is 0 Å². The van der Waals surface area contributed by atoms with Gasteiger partial charge in [-0.15, -0.1) is 11.3 Å². The van der Waals surface area contributed by atoms with Gasteiger partial charge in [0.15, 0.2) is 0 Å². The number of amides is 3. The first-order valence-corrected chi connectivity index (χ1v) is 11.6. The quantitative estimate of drug-likeness (QED) is 0.739. The Kier molecular flexibility index (Phi) is 7.33. The summed E-state index contributed by atoms with van der Waals surface area (Å²) in [4.78, 5) is 34.0. The normalized spacial score (nSPS) is 18.9. The van der Waals surface area contributed by atoms with Crippen LogP contribution in [0, 0.1) is 13.8 Å². The van der Waals surface area contributed by atoms with Gasteiger partial charge in [0.25, 0.3) is 5.91 Å². The van der Waals surface area contributed by atoms with E-state index in [0.717, 1.165) is 21.8 Å². The molecule has 1 N–H and O–H groups in total. The molecule has 2 unspecified atom stereocenters. The maximum Gasteiger partial charge on any atom is 0.322 e. The zero-order valence-corrected chi connectivity index (χ0v) is 20.0. The Balaban J connectivity index is 1.70. The van der Waals surface area contributed by atoms with Crippen molar-refractivity contribution in [3.05, 3.63) is 45.4 Å². The zero-order valence-electron chi connectivity index (χ0n) is 19.1. The second-order valence-corrected chi connectivity index (χ2v) is 9.46. The van der Waals surface area contributed by atoms with Gasteiger partial charge in [0.05, 0.1) is 18.8 Å². The van der Waals surface area contributed by atoms with Crippen molar-refractivity contribution in [2.75, 3.05) is 18.4 Å². The number of carbonyl (C=O) groups is 2. The minimum absolute atomic E-state index is 0.0100. The van der Waals surface area contributed by atoms with E-state index in [2.05, 4.69) is 10.3 Å². The number of hydrogen-bond donors (Lipinski definition) is 1. The smallest absolute Gasteiger partial charge is 0.322 e. The van der Waals surface area contributed by atoms with Crippen LogP contribution in [0.2, 0.25) is 0 Å². The van der Waals surface area contributed by atoms with Gasteiger partial charge in [0.1, 0.15) is 10.7 Å². The maximum atomic E-state index is 13.0. The van der Waals surface area contributed by atoms with Gasteiger partial charge in [-0.25, -0.2) is 9.78 Å². The second kappa shape index (κ2) is 9.78. The summed E-state index contributed by atoms with van der Waals surface area (Å²) in [5.41, 5.74) is 3.31. The van der Waals surface area contributed by atoms with E-state index in [0.29, 0.717) is 25.3 Å². The molecular formula is C23H32N4O3S. The van der Waals surface area contributed by atoms with Crippen LogP contribution in [-0.4, -0.2) is 58.1 Å². The number of urea groups is 1. The highest BCUT2D eigenvalue weighted by Crippen LogP contribution is 2.22. The molecule has 7 nitrogen and oxygen atoms in total. The van der Waals surface area contributed by atoms with E-state index < -0.39 is 0 Å². The molecule has 0 aliphatic carbocycles. The number of benzene rings is 1. The molecule has 0 spiro atoms. The van der Waals surface area contributed by atoms with Crippen molar-refractivity contribution >= 4 is 29.0 Å². The largest absolute Gasteiger partial charge is 0.372 e. The lowest BCUT2D eigenvalue weighted by atomic mass is 10.1. The summed E-state index contributed by atoms with van der Waals surface area (Å²) >= 11 is 1.41. The Morgan fingerprint density at radius 2 is 1.84 bits per heavy atom. The third-order valence-electron chi connectivity index (χ3n) is 5.38. The van der Waals surface area contributed by atoms with Gasteiger partial charge in [0, 0.05) is 30.2 Å². The molecule has 1 aromatic heterocycles. The van der Waals surface area contributed by atoms with Crippen LogP contribution in [0.5, 0.6) is 0 Å². The summed E-state index contributed by atoms with van der Waals surface area (Å²) in [5, 5.41) is 5.57. The number of para-hydroxylation sites is 1. The Labute approximate surface area is 188 Å². The third kappa shape index (κ3) is 5.62. The highest BCUT2D eigenvalue weighted by atomic mass is 32.1. The fourth-order valence-electron chi connectivity index (χ4n) is 3.81. The number of nitrogens with one attached hydrogen (secondary N) is 1. The first-order chi connectivity index (χ1) is 14.7. The molecule has 1 saturated heterocycles. The van der Waals surface area contributed by atoms with E-state index in [-0.39, 0.29) is 30.2 Å². The predicted molar refractivity (Wildman–Crippen MR) is 124 cm³/mol. The number of carbonyl (C=O) groups excluding carboxylic acids is 2. The molecule has 2 aromatic rings. The number of aryl methyl sites for hydroxylation is 2. The SMILES string of the molecule is Cc1cccc(C)c1NC(=O)N(Cc1nc(C(=O)N2CC(C)OC(C)C2)cs1)C(C)C. The molecule has 8 heteroatoms. The lowest BCUT2D eigenvalue weighted by molar-refractivity contribution is -0.0587. The molecule has 168 valence electrons. The first kappa shape index (κ1) is 23.2. The molecule has 1 fully saturated rings. The predicted octanol–water partition coefficient (Wildman–Crippen LogP) is 4.45. The first-order valence-electron chi connectivity index (χ1n) is 10.7. The highest BCUT2D eigenvalue weighted by Gasteiger charge is 2.28. The zero-order chi connectivity index (χ0) is 22.7. The Morgan fingerprint density at radius 1 is 1.23 bits per heavy atom. The van der Waals surface area contributed by atoms with Crippen molar-refractivity contribution < 1.29 is 14.3 Å². The molecule has 2 heterocycles. The average molecular weight is 445 g/mol. The number of aromatic nitrogens is 1. The minimum atomic E-state index is -0.175. The second-order valence-electron chi connectivity index (χ2n) is 8.51. The van der Waals surface area contributed by atoms with Crippen LogP contribution in [0.4, 0.5) is 10.5 Å². The number of thiazole rings is 1. The number of hydrogen-bond acceptors (Lipinski definition) is 5. The van der Waals surface area contributed by atoms with Crippen molar-refractivity contribution in [1.29, 1.82) is 0 Å². The summed E-state index contributed by atoms with van der Waals surface area (Å²) in [5.74, 6) is -0.0828. The van der Waals surface area contributed by atoms with Gasteiger partial charge in [-0.2, -0.15) is 0 Å². The molecule has 1 aliphatic heterocycles. The van der Waals surface area contributed by atoms with Crippen LogP contribution >= 0.6 is 11.3 Å². The topological polar surface area (TPSA) is 74.8 Å². The minimum Gasteiger partial charge on any atom is -0.372 e. The van der Waals surface area contributed by atoms with Gasteiger partial charge < -0.3 is 19.9 Å². The Bertz CT molecular complexity index is 912. The summed E-state index contributed by atoms with van der Waals surface area (Å²) in [6, 6.07) is 5.74. The van der Waals surface area contributed by atoms with Gasteiger partial charge in [-0.1, -0.05) is 18.2 Å². The lowest BCUT2D eigenvalue weighted by Gasteiger charge is -2.34. The van der Waals surface area contributed by atoms with E-state index in [1.165, 1.54) is 11.3 Å². The third-order valence-corrected chi connectivity index (χ3v) is 6.21. The average Bonchev–Trinajstić information content (AvgIpc) is 3.16. The molecule has 0 saturated carbocycles. The monoisotopic (exact) mass is 444 g/mol. The van der Waals surface area contributed by atoms with Gasteiger partial charge in [-0.3, -0.25) is 4.79 Å². The molecule has 1 aromatic carbocycles. The number of nitrogens with zero attached hydrogens (tertiary/aromatic N) is 3. The van der Waals surface area contributed by atoms with Gasteiger partial charge in [-0.05, 0) is 52.7 Å². The van der Waals surface area contributed by atoms with Gasteiger partial charge in [0.2, 0.25) is 0 Å². The highest BCUT2D eigenvalue weighted by molar-refractivity contribution is 7.09. The fourth-order valence-corrected chi connectivity index (χ4v) is 4.58. The maximum absolute atomic E-state index is 13.0. The fraction of sp³-hybridized carbons (Fsp3) is 0.522. The van der Waals surface area contributed by atoms with E-state index in [1.807, 2.05) is 59.7 Å². The molecule has 1 aliphatic rings. The van der Waals surface area contributed by atoms with E-state index in [4.69, 9.17) is 4.74 Å².